The van der Waals surface area contributed by atoms with Crippen molar-refractivity contribution in [3.8, 4) is 0 Å². The Kier molecular flexibility index (Phi) is 3.73. The number of hydrogen-bond acceptors (Lipinski definition) is 5. The Labute approximate surface area is 99.9 Å². The van der Waals surface area contributed by atoms with Gasteiger partial charge in [-0.15, -0.1) is 0 Å². The molecule has 2 rings (SSSR count). The first kappa shape index (κ1) is 12.0. The van der Waals surface area contributed by atoms with Gasteiger partial charge in [0.25, 0.3) is 0 Å². The predicted octanol–water partition coefficient (Wildman–Crippen LogP) is 1.21. The van der Waals surface area contributed by atoms with Crippen molar-refractivity contribution in [2.24, 2.45) is 5.16 Å². The van der Waals surface area contributed by atoms with Gasteiger partial charge in [0.2, 0.25) is 0 Å². The van der Waals surface area contributed by atoms with Crippen LogP contribution in [0.3, 0.4) is 0 Å². The highest BCUT2D eigenvalue weighted by molar-refractivity contribution is 6.03. The van der Waals surface area contributed by atoms with Gasteiger partial charge in [-0.2, -0.15) is 5.06 Å². The smallest absolute Gasteiger partial charge is 0.176 e. The van der Waals surface area contributed by atoms with Crippen LogP contribution in [0.5, 0.6) is 0 Å². The fourth-order valence-corrected chi connectivity index (χ4v) is 1.91. The number of aliphatic hydroxyl groups excluding tert-OH is 1. The van der Waals surface area contributed by atoms with Crippen LogP contribution in [0.2, 0.25) is 0 Å². The SMILES string of the molecule is CC(/C(=N/O)c1ccccc1)N1CCC(O)O1. The quantitative estimate of drug-likeness (QED) is 0.470. The van der Waals surface area contributed by atoms with E-state index in [0.29, 0.717) is 18.7 Å². The van der Waals surface area contributed by atoms with Gasteiger partial charge < -0.3 is 10.3 Å². The number of oxime groups is 1. The highest BCUT2D eigenvalue weighted by atomic mass is 16.8. The molecule has 0 bridgehead atoms. The van der Waals surface area contributed by atoms with Crippen LogP contribution < -0.4 is 0 Å². The molecule has 0 spiro atoms. The third-order valence-electron chi connectivity index (χ3n) is 2.86. The van der Waals surface area contributed by atoms with E-state index in [1.807, 2.05) is 37.3 Å². The zero-order chi connectivity index (χ0) is 12.3. The first-order valence-corrected chi connectivity index (χ1v) is 5.61. The Morgan fingerprint density at radius 1 is 1.47 bits per heavy atom. The van der Waals surface area contributed by atoms with Gasteiger partial charge in [-0.3, -0.25) is 4.84 Å². The number of nitrogens with zero attached hydrogens (tertiary/aromatic N) is 2. The average molecular weight is 236 g/mol. The molecular weight excluding hydrogens is 220 g/mol. The van der Waals surface area contributed by atoms with Crippen LogP contribution >= 0.6 is 0 Å². The van der Waals surface area contributed by atoms with Gasteiger partial charge >= 0.3 is 0 Å². The summed E-state index contributed by atoms with van der Waals surface area (Å²) in [5, 5.41) is 23.4. The summed E-state index contributed by atoms with van der Waals surface area (Å²) in [6, 6.07) is 9.20. The Bertz CT molecular complexity index is 394. The van der Waals surface area contributed by atoms with E-state index in [2.05, 4.69) is 5.16 Å². The standard InChI is InChI=1S/C12H16N2O3/c1-9(14-8-7-11(15)17-14)12(13-16)10-5-3-2-4-6-10/h2-6,9,11,15-16H,7-8H2,1H3/b13-12-. The molecule has 2 N–H and O–H groups in total. The first-order chi connectivity index (χ1) is 8.22. The maximum atomic E-state index is 9.31. The van der Waals surface area contributed by atoms with Crippen LogP contribution in [-0.2, 0) is 4.84 Å². The Balaban J connectivity index is 2.14. The monoisotopic (exact) mass is 236 g/mol. The minimum Gasteiger partial charge on any atom is -0.411 e. The van der Waals surface area contributed by atoms with E-state index in [4.69, 9.17) is 10.0 Å². The predicted molar refractivity (Wildman–Crippen MR) is 62.6 cm³/mol. The minimum atomic E-state index is -0.756. The van der Waals surface area contributed by atoms with E-state index in [1.54, 1.807) is 5.06 Å². The summed E-state index contributed by atoms with van der Waals surface area (Å²) in [5.74, 6) is 0. The maximum Gasteiger partial charge on any atom is 0.176 e. The second-order valence-corrected chi connectivity index (χ2v) is 4.02. The van der Waals surface area contributed by atoms with Crippen LogP contribution in [-0.4, -0.2) is 40.0 Å². The normalized spacial score (nSPS) is 23.9. The number of hydrogen-bond donors (Lipinski definition) is 2. The zero-order valence-corrected chi connectivity index (χ0v) is 9.65. The molecule has 5 heteroatoms. The van der Waals surface area contributed by atoms with Gasteiger partial charge in [-0.05, 0) is 6.92 Å². The van der Waals surface area contributed by atoms with E-state index in [1.165, 1.54) is 0 Å². The summed E-state index contributed by atoms with van der Waals surface area (Å²) in [7, 11) is 0. The summed E-state index contributed by atoms with van der Waals surface area (Å²) in [6.45, 7) is 2.49. The van der Waals surface area contributed by atoms with E-state index >= 15 is 0 Å². The van der Waals surface area contributed by atoms with E-state index in [9.17, 15) is 5.11 Å². The molecule has 0 aliphatic carbocycles. The molecule has 2 atom stereocenters. The molecule has 1 aromatic carbocycles. The van der Waals surface area contributed by atoms with E-state index < -0.39 is 6.29 Å². The summed E-state index contributed by atoms with van der Waals surface area (Å²) in [5.41, 5.74) is 1.37. The molecule has 17 heavy (non-hydrogen) atoms. The lowest BCUT2D eigenvalue weighted by Gasteiger charge is -2.23. The molecule has 5 nitrogen and oxygen atoms in total. The van der Waals surface area contributed by atoms with Crippen molar-refractivity contribution >= 4 is 5.71 Å². The van der Waals surface area contributed by atoms with Crippen LogP contribution in [0.25, 0.3) is 0 Å². The molecule has 0 amide bonds. The van der Waals surface area contributed by atoms with Gasteiger partial charge in [-0.25, -0.2) is 0 Å². The average Bonchev–Trinajstić information content (AvgIpc) is 2.78. The van der Waals surface area contributed by atoms with Crippen LogP contribution in [0, 0.1) is 0 Å². The Morgan fingerprint density at radius 2 is 2.18 bits per heavy atom. The summed E-state index contributed by atoms with van der Waals surface area (Å²) in [6.07, 6.45) is -0.189. The highest BCUT2D eigenvalue weighted by Crippen LogP contribution is 2.17. The molecule has 0 saturated carbocycles. The van der Waals surface area contributed by atoms with Gasteiger partial charge in [0.05, 0.1) is 6.04 Å². The van der Waals surface area contributed by atoms with Gasteiger partial charge in [0, 0.05) is 18.5 Å². The van der Waals surface area contributed by atoms with Crippen LogP contribution in [0.15, 0.2) is 35.5 Å². The second kappa shape index (κ2) is 5.27. The molecule has 1 aliphatic heterocycles. The topological polar surface area (TPSA) is 65.3 Å². The van der Waals surface area contributed by atoms with Crippen molar-refractivity contribution in [2.45, 2.75) is 25.7 Å². The molecule has 1 fully saturated rings. The third-order valence-corrected chi connectivity index (χ3v) is 2.86. The maximum absolute atomic E-state index is 9.31. The lowest BCUT2D eigenvalue weighted by atomic mass is 10.0. The molecule has 1 aromatic rings. The van der Waals surface area contributed by atoms with E-state index in [0.717, 1.165) is 5.56 Å². The Morgan fingerprint density at radius 3 is 2.71 bits per heavy atom. The largest absolute Gasteiger partial charge is 0.411 e. The van der Waals surface area contributed by atoms with Crippen molar-refractivity contribution in [3.63, 3.8) is 0 Å². The van der Waals surface area contributed by atoms with Crippen molar-refractivity contribution in [1.29, 1.82) is 0 Å². The summed E-state index contributed by atoms with van der Waals surface area (Å²) >= 11 is 0. The number of benzene rings is 1. The van der Waals surface area contributed by atoms with Crippen molar-refractivity contribution in [3.05, 3.63) is 35.9 Å². The van der Waals surface area contributed by atoms with Crippen LogP contribution in [0.1, 0.15) is 18.9 Å². The molecule has 0 aromatic heterocycles. The fraction of sp³-hybridized carbons (Fsp3) is 0.417. The fourth-order valence-electron chi connectivity index (χ4n) is 1.91. The summed E-state index contributed by atoms with van der Waals surface area (Å²) in [4.78, 5) is 5.22. The van der Waals surface area contributed by atoms with Gasteiger partial charge in [0.15, 0.2) is 6.29 Å². The molecule has 2 unspecified atom stereocenters. The minimum absolute atomic E-state index is 0.209. The number of aliphatic hydroxyl groups is 1. The lowest BCUT2D eigenvalue weighted by Crippen LogP contribution is -2.37. The third kappa shape index (κ3) is 2.63. The lowest BCUT2D eigenvalue weighted by molar-refractivity contribution is -0.218. The van der Waals surface area contributed by atoms with Crippen LogP contribution in [0.4, 0.5) is 0 Å². The summed E-state index contributed by atoms with van der Waals surface area (Å²) < 4.78 is 0. The molecule has 1 saturated heterocycles. The van der Waals surface area contributed by atoms with Crippen molar-refractivity contribution in [1.82, 2.24) is 5.06 Å². The molecule has 1 heterocycles. The second-order valence-electron chi connectivity index (χ2n) is 4.02. The number of hydroxylamine groups is 2. The first-order valence-electron chi connectivity index (χ1n) is 5.61. The molecule has 92 valence electrons. The molecular formula is C12H16N2O3. The van der Waals surface area contributed by atoms with Gasteiger partial charge in [-0.1, -0.05) is 35.5 Å². The molecule has 1 aliphatic rings. The van der Waals surface area contributed by atoms with Crippen molar-refractivity contribution in [2.75, 3.05) is 6.54 Å². The highest BCUT2D eigenvalue weighted by Gasteiger charge is 2.29. The van der Waals surface area contributed by atoms with Gasteiger partial charge in [0.1, 0.15) is 5.71 Å². The Hall–Kier alpha value is -1.43. The zero-order valence-electron chi connectivity index (χ0n) is 9.65. The molecule has 0 radical (unpaired) electrons. The van der Waals surface area contributed by atoms with E-state index in [-0.39, 0.29) is 6.04 Å². The van der Waals surface area contributed by atoms with Crippen molar-refractivity contribution < 1.29 is 15.2 Å². The number of rotatable bonds is 3.